The molecule has 2 atom stereocenters. The molecule has 6 nitrogen and oxygen atoms in total. The third-order valence-corrected chi connectivity index (χ3v) is 4.21. The van der Waals surface area contributed by atoms with Crippen molar-refractivity contribution in [3.63, 3.8) is 0 Å². The highest BCUT2D eigenvalue weighted by Crippen LogP contribution is 2.22. The molecule has 0 bridgehead atoms. The van der Waals surface area contributed by atoms with E-state index in [4.69, 9.17) is 0 Å². The Labute approximate surface area is 120 Å². The predicted molar refractivity (Wildman–Crippen MR) is 77.4 cm³/mol. The van der Waals surface area contributed by atoms with Gasteiger partial charge in [-0.05, 0) is 51.6 Å². The zero-order chi connectivity index (χ0) is 14.5. The maximum atomic E-state index is 12.0. The zero-order valence-electron chi connectivity index (χ0n) is 12.4. The van der Waals surface area contributed by atoms with Gasteiger partial charge in [-0.3, -0.25) is 15.0 Å². The topological polar surface area (TPSA) is 73.5 Å². The second-order valence-corrected chi connectivity index (χ2v) is 5.93. The van der Waals surface area contributed by atoms with Crippen molar-refractivity contribution in [2.24, 2.45) is 5.92 Å². The van der Waals surface area contributed by atoms with Gasteiger partial charge in [-0.1, -0.05) is 0 Å². The second kappa shape index (κ2) is 7.04. The largest absolute Gasteiger partial charge is 0.341 e. The number of nitrogens with zero attached hydrogens (tertiary/aromatic N) is 1. The number of carbonyl (C=O) groups excluding carboxylic acids is 2. The molecule has 1 saturated carbocycles. The molecule has 0 aromatic heterocycles. The summed E-state index contributed by atoms with van der Waals surface area (Å²) in [5.74, 6) is 0.389. The van der Waals surface area contributed by atoms with Gasteiger partial charge in [-0.15, -0.1) is 0 Å². The van der Waals surface area contributed by atoms with Gasteiger partial charge >= 0.3 is 6.03 Å². The van der Waals surface area contributed by atoms with Crippen molar-refractivity contribution in [1.29, 1.82) is 0 Å². The van der Waals surface area contributed by atoms with E-state index in [1.54, 1.807) is 0 Å². The van der Waals surface area contributed by atoms with Gasteiger partial charge in [0.2, 0.25) is 5.91 Å². The van der Waals surface area contributed by atoms with E-state index in [1.807, 2.05) is 6.92 Å². The van der Waals surface area contributed by atoms with E-state index in [0.29, 0.717) is 5.92 Å². The third-order valence-electron chi connectivity index (χ3n) is 4.21. The quantitative estimate of drug-likeness (QED) is 0.678. The number of imide groups is 1. The van der Waals surface area contributed by atoms with Crippen LogP contribution in [-0.4, -0.2) is 55.6 Å². The first-order chi connectivity index (χ1) is 9.60. The first-order valence-corrected chi connectivity index (χ1v) is 7.60. The molecule has 1 heterocycles. The standard InChI is InChI=1S/C14H26N4O2/c1-10(13(19)17-14(20)15-2)18-7-3-4-11(9-18)8-16-12-5-6-12/h10-12,16H,3-9H2,1-2H3,(H2,15,17,19,20). The van der Waals surface area contributed by atoms with Crippen LogP contribution in [0.5, 0.6) is 0 Å². The number of rotatable bonds is 5. The molecule has 114 valence electrons. The third kappa shape index (κ3) is 4.45. The van der Waals surface area contributed by atoms with Crippen LogP contribution in [0.1, 0.15) is 32.6 Å². The van der Waals surface area contributed by atoms with Crippen LogP contribution in [0.25, 0.3) is 0 Å². The first-order valence-electron chi connectivity index (χ1n) is 7.60. The lowest BCUT2D eigenvalue weighted by atomic mass is 9.96. The first kappa shape index (κ1) is 15.3. The lowest BCUT2D eigenvalue weighted by molar-refractivity contribution is -0.125. The van der Waals surface area contributed by atoms with Gasteiger partial charge < -0.3 is 10.6 Å². The molecule has 0 spiro atoms. The molecule has 20 heavy (non-hydrogen) atoms. The summed E-state index contributed by atoms with van der Waals surface area (Å²) in [5, 5.41) is 8.32. The van der Waals surface area contributed by atoms with Crippen LogP contribution in [0.15, 0.2) is 0 Å². The van der Waals surface area contributed by atoms with Crippen LogP contribution in [0.2, 0.25) is 0 Å². The van der Waals surface area contributed by atoms with E-state index in [0.717, 1.165) is 32.1 Å². The van der Waals surface area contributed by atoms with Gasteiger partial charge in [0.15, 0.2) is 0 Å². The van der Waals surface area contributed by atoms with E-state index in [9.17, 15) is 9.59 Å². The maximum Gasteiger partial charge on any atom is 0.321 e. The highest BCUT2D eigenvalue weighted by atomic mass is 16.2. The summed E-state index contributed by atoms with van der Waals surface area (Å²) in [4.78, 5) is 25.3. The maximum absolute atomic E-state index is 12.0. The Morgan fingerprint density at radius 3 is 2.70 bits per heavy atom. The molecular formula is C14H26N4O2. The molecule has 0 aromatic carbocycles. The van der Waals surface area contributed by atoms with Crippen molar-refractivity contribution in [1.82, 2.24) is 20.9 Å². The molecule has 1 saturated heterocycles. The molecule has 1 aliphatic heterocycles. The van der Waals surface area contributed by atoms with Crippen LogP contribution in [-0.2, 0) is 4.79 Å². The van der Waals surface area contributed by atoms with Crippen LogP contribution >= 0.6 is 0 Å². The Hall–Kier alpha value is -1.14. The molecule has 3 amide bonds. The van der Waals surface area contributed by atoms with E-state index in [1.165, 1.54) is 26.3 Å². The molecule has 1 aliphatic carbocycles. The summed E-state index contributed by atoms with van der Waals surface area (Å²) < 4.78 is 0. The van der Waals surface area contributed by atoms with Crippen molar-refractivity contribution >= 4 is 11.9 Å². The average molecular weight is 282 g/mol. The van der Waals surface area contributed by atoms with Crippen molar-refractivity contribution in [3.8, 4) is 0 Å². The number of piperidine rings is 1. The molecule has 0 radical (unpaired) electrons. The molecule has 3 N–H and O–H groups in total. The summed E-state index contributed by atoms with van der Waals surface area (Å²) in [6.45, 7) is 4.78. The molecule has 2 aliphatic rings. The highest BCUT2D eigenvalue weighted by Gasteiger charge is 2.29. The number of carbonyl (C=O) groups is 2. The summed E-state index contributed by atoms with van der Waals surface area (Å²) in [7, 11) is 1.51. The van der Waals surface area contributed by atoms with Crippen LogP contribution in [0.4, 0.5) is 4.79 Å². The molecule has 0 aromatic rings. The number of amides is 3. The Balaban J connectivity index is 1.77. The highest BCUT2D eigenvalue weighted by molar-refractivity contribution is 5.96. The van der Waals surface area contributed by atoms with Crippen molar-refractivity contribution < 1.29 is 9.59 Å². The Morgan fingerprint density at radius 2 is 2.05 bits per heavy atom. The number of nitrogens with one attached hydrogen (secondary N) is 3. The zero-order valence-corrected chi connectivity index (χ0v) is 12.4. The minimum atomic E-state index is -0.439. The van der Waals surface area contributed by atoms with Gasteiger partial charge in [0, 0.05) is 19.6 Å². The average Bonchev–Trinajstić information content (AvgIpc) is 3.28. The fraction of sp³-hybridized carbons (Fsp3) is 0.857. The Kier molecular flexibility index (Phi) is 5.37. The van der Waals surface area contributed by atoms with Gasteiger partial charge in [0.1, 0.15) is 0 Å². The molecule has 2 fully saturated rings. The molecule has 2 rings (SSSR count). The summed E-state index contributed by atoms with van der Waals surface area (Å²) in [6.07, 6.45) is 4.96. The van der Waals surface area contributed by atoms with Crippen LogP contribution in [0.3, 0.4) is 0 Å². The van der Waals surface area contributed by atoms with Crippen molar-refractivity contribution in [2.45, 2.75) is 44.7 Å². The van der Waals surface area contributed by atoms with Gasteiger partial charge in [0.25, 0.3) is 0 Å². The number of likely N-dealkylation sites (tertiary alicyclic amines) is 1. The summed E-state index contributed by atoms with van der Waals surface area (Å²) in [5.41, 5.74) is 0. The molecule has 2 unspecified atom stereocenters. The second-order valence-electron chi connectivity index (χ2n) is 5.93. The normalized spacial score (nSPS) is 25.0. The van der Waals surface area contributed by atoms with Gasteiger partial charge in [-0.2, -0.15) is 0 Å². The van der Waals surface area contributed by atoms with Crippen LogP contribution < -0.4 is 16.0 Å². The fourth-order valence-electron chi connectivity index (χ4n) is 2.68. The van der Waals surface area contributed by atoms with Gasteiger partial charge in [-0.25, -0.2) is 4.79 Å². The molecular weight excluding hydrogens is 256 g/mol. The summed E-state index contributed by atoms with van der Waals surface area (Å²) in [6, 6.07) is 0.0428. The number of hydrogen-bond donors (Lipinski definition) is 3. The van der Waals surface area contributed by atoms with Crippen molar-refractivity contribution in [3.05, 3.63) is 0 Å². The van der Waals surface area contributed by atoms with Crippen molar-refractivity contribution in [2.75, 3.05) is 26.7 Å². The van der Waals surface area contributed by atoms with E-state index in [2.05, 4.69) is 20.9 Å². The predicted octanol–water partition coefficient (Wildman–Crippen LogP) is 0.295. The van der Waals surface area contributed by atoms with E-state index >= 15 is 0 Å². The lowest BCUT2D eigenvalue weighted by Crippen LogP contribution is -2.52. The SMILES string of the molecule is CNC(=O)NC(=O)C(C)N1CCCC(CNC2CC2)C1. The Morgan fingerprint density at radius 1 is 1.30 bits per heavy atom. The van der Waals surface area contributed by atoms with E-state index in [-0.39, 0.29) is 11.9 Å². The lowest BCUT2D eigenvalue weighted by Gasteiger charge is -2.36. The minimum absolute atomic E-state index is 0.222. The van der Waals surface area contributed by atoms with Crippen LogP contribution in [0, 0.1) is 5.92 Å². The minimum Gasteiger partial charge on any atom is -0.341 e. The van der Waals surface area contributed by atoms with E-state index < -0.39 is 6.03 Å². The smallest absolute Gasteiger partial charge is 0.321 e. The molecule has 6 heteroatoms. The number of urea groups is 1. The number of hydrogen-bond acceptors (Lipinski definition) is 4. The summed E-state index contributed by atoms with van der Waals surface area (Å²) >= 11 is 0. The Bertz CT molecular complexity index is 357. The van der Waals surface area contributed by atoms with Gasteiger partial charge in [0.05, 0.1) is 6.04 Å². The fourth-order valence-corrected chi connectivity index (χ4v) is 2.68. The monoisotopic (exact) mass is 282 g/mol.